The van der Waals surface area contributed by atoms with Gasteiger partial charge in [0, 0.05) is 12.1 Å². The fraction of sp³-hybridized carbons (Fsp3) is 0.375. The van der Waals surface area contributed by atoms with Crippen LogP contribution in [0.1, 0.15) is 25.8 Å². The van der Waals surface area contributed by atoms with Gasteiger partial charge in [-0.2, -0.15) is 0 Å². The minimum Gasteiger partial charge on any atom is -0.488 e. The first kappa shape index (κ1) is 15.1. The van der Waals surface area contributed by atoms with Crippen molar-refractivity contribution in [1.29, 1.82) is 0 Å². The van der Waals surface area contributed by atoms with E-state index in [-0.39, 0.29) is 18.4 Å². The summed E-state index contributed by atoms with van der Waals surface area (Å²) in [5.41, 5.74) is 1.39. The molecule has 1 heterocycles. The number of amides is 2. The van der Waals surface area contributed by atoms with Crippen LogP contribution in [-0.2, 0) is 9.59 Å². The molecule has 0 bridgehead atoms. The molecule has 5 heteroatoms. The third-order valence-electron chi connectivity index (χ3n) is 3.21. The molecule has 0 spiro atoms. The van der Waals surface area contributed by atoms with Gasteiger partial charge in [0.15, 0.2) is 0 Å². The molecule has 1 aliphatic heterocycles. The number of carbonyl (C=O) groups excluding carboxylic acids is 2. The van der Waals surface area contributed by atoms with Gasteiger partial charge in [0.25, 0.3) is 5.91 Å². The summed E-state index contributed by atoms with van der Waals surface area (Å²) in [7, 11) is 0. The summed E-state index contributed by atoms with van der Waals surface area (Å²) in [6, 6.07) is 6.96. The van der Waals surface area contributed by atoms with Crippen LogP contribution in [0.2, 0.25) is 0 Å². The molecular formula is C16H20N2O3. The van der Waals surface area contributed by atoms with Crippen LogP contribution in [0, 0.1) is 0 Å². The molecule has 2 rings (SSSR count). The Kier molecular flexibility index (Phi) is 4.98. The van der Waals surface area contributed by atoms with E-state index in [9.17, 15) is 9.59 Å². The average molecular weight is 288 g/mol. The van der Waals surface area contributed by atoms with Crippen LogP contribution >= 0.6 is 0 Å². The monoisotopic (exact) mass is 288 g/mol. The van der Waals surface area contributed by atoms with E-state index >= 15 is 0 Å². The highest BCUT2D eigenvalue weighted by Gasteiger charge is 2.20. The molecule has 2 N–H and O–H groups in total. The highest BCUT2D eigenvalue weighted by molar-refractivity contribution is 6.01. The van der Waals surface area contributed by atoms with Gasteiger partial charge in [-0.3, -0.25) is 9.59 Å². The predicted octanol–water partition coefficient (Wildman–Crippen LogP) is 1.49. The summed E-state index contributed by atoms with van der Waals surface area (Å²) in [6.07, 6.45) is 2.66. The second-order valence-electron chi connectivity index (χ2n) is 4.98. The van der Waals surface area contributed by atoms with E-state index in [0.29, 0.717) is 12.1 Å². The van der Waals surface area contributed by atoms with Gasteiger partial charge in [-0.1, -0.05) is 25.1 Å². The summed E-state index contributed by atoms with van der Waals surface area (Å²) in [4.78, 5) is 23.9. The fourth-order valence-corrected chi connectivity index (χ4v) is 2.00. The van der Waals surface area contributed by atoms with Gasteiger partial charge in [-0.05, 0) is 25.5 Å². The van der Waals surface area contributed by atoms with Crippen LogP contribution in [0.15, 0.2) is 29.8 Å². The van der Waals surface area contributed by atoms with E-state index in [2.05, 4.69) is 10.6 Å². The van der Waals surface area contributed by atoms with Gasteiger partial charge in [-0.15, -0.1) is 0 Å². The van der Waals surface area contributed by atoms with E-state index in [0.717, 1.165) is 17.7 Å². The lowest BCUT2D eigenvalue weighted by Gasteiger charge is -2.19. The first-order valence-electron chi connectivity index (χ1n) is 7.12. The van der Waals surface area contributed by atoms with Crippen molar-refractivity contribution in [2.24, 2.45) is 0 Å². The number of benzene rings is 1. The average Bonchev–Trinajstić information content (AvgIpc) is 2.51. The zero-order chi connectivity index (χ0) is 15.2. The second kappa shape index (κ2) is 6.92. The zero-order valence-corrected chi connectivity index (χ0v) is 12.3. The Morgan fingerprint density at radius 3 is 2.86 bits per heavy atom. The molecule has 1 aliphatic rings. The molecule has 0 radical (unpaired) electrons. The SMILES string of the molecule is CCCNC(=O)C(C)NC(=O)C1=Cc2ccccc2OC1. The number of hydrogen-bond donors (Lipinski definition) is 2. The van der Waals surface area contributed by atoms with E-state index in [1.54, 1.807) is 13.0 Å². The second-order valence-corrected chi connectivity index (χ2v) is 4.98. The van der Waals surface area contributed by atoms with Crippen molar-refractivity contribution in [3.63, 3.8) is 0 Å². The van der Waals surface area contributed by atoms with Crippen molar-refractivity contribution in [3.05, 3.63) is 35.4 Å². The van der Waals surface area contributed by atoms with Crippen LogP contribution in [0.4, 0.5) is 0 Å². The van der Waals surface area contributed by atoms with E-state index in [4.69, 9.17) is 4.74 Å². The minimum absolute atomic E-state index is 0.178. The van der Waals surface area contributed by atoms with Gasteiger partial charge in [0.1, 0.15) is 18.4 Å². The maximum atomic E-state index is 12.2. The van der Waals surface area contributed by atoms with Crippen molar-refractivity contribution in [2.75, 3.05) is 13.2 Å². The number of carbonyl (C=O) groups is 2. The van der Waals surface area contributed by atoms with E-state index in [1.165, 1.54) is 0 Å². The molecule has 0 aromatic heterocycles. The number of fused-ring (bicyclic) bond motifs is 1. The van der Waals surface area contributed by atoms with E-state index in [1.807, 2.05) is 31.2 Å². The number of hydrogen-bond acceptors (Lipinski definition) is 3. The molecule has 112 valence electrons. The Bertz CT molecular complexity index is 566. The lowest BCUT2D eigenvalue weighted by atomic mass is 10.1. The first-order valence-corrected chi connectivity index (χ1v) is 7.12. The van der Waals surface area contributed by atoms with Gasteiger partial charge in [0.2, 0.25) is 5.91 Å². The van der Waals surface area contributed by atoms with Crippen LogP contribution in [-0.4, -0.2) is 31.0 Å². The highest BCUT2D eigenvalue weighted by atomic mass is 16.5. The molecule has 2 amide bonds. The minimum atomic E-state index is -0.567. The predicted molar refractivity (Wildman–Crippen MR) is 80.8 cm³/mol. The van der Waals surface area contributed by atoms with Crippen molar-refractivity contribution < 1.29 is 14.3 Å². The Morgan fingerprint density at radius 1 is 1.33 bits per heavy atom. The third-order valence-corrected chi connectivity index (χ3v) is 3.21. The van der Waals surface area contributed by atoms with Crippen LogP contribution < -0.4 is 15.4 Å². The van der Waals surface area contributed by atoms with Gasteiger partial charge < -0.3 is 15.4 Å². The molecule has 0 saturated carbocycles. The molecular weight excluding hydrogens is 268 g/mol. The topological polar surface area (TPSA) is 67.4 Å². The maximum Gasteiger partial charge on any atom is 0.251 e. The Hall–Kier alpha value is -2.30. The quantitative estimate of drug-likeness (QED) is 0.862. The fourth-order valence-electron chi connectivity index (χ4n) is 2.00. The molecule has 0 saturated heterocycles. The van der Waals surface area contributed by atoms with Gasteiger partial charge >= 0.3 is 0 Å². The van der Waals surface area contributed by atoms with Crippen molar-refractivity contribution in [1.82, 2.24) is 10.6 Å². The Morgan fingerprint density at radius 2 is 2.10 bits per heavy atom. The van der Waals surface area contributed by atoms with Crippen molar-refractivity contribution in [2.45, 2.75) is 26.3 Å². The summed E-state index contributed by atoms with van der Waals surface area (Å²) >= 11 is 0. The summed E-state index contributed by atoms with van der Waals surface area (Å²) in [5, 5.41) is 5.44. The summed E-state index contributed by atoms with van der Waals surface area (Å²) in [5.74, 6) is 0.314. The molecule has 1 unspecified atom stereocenters. The van der Waals surface area contributed by atoms with E-state index < -0.39 is 6.04 Å². The Labute approximate surface area is 124 Å². The van der Waals surface area contributed by atoms with Crippen molar-refractivity contribution in [3.8, 4) is 5.75 Å². The van der Waals surface area contributed by atoms with Gasteiger partial charge in [0.05, 0.1) is 5.57 Å². The number of rotatable bonds is 5. The molecule has 5 nitrogen and oxygen atoms in total. The Balaban J connectivity index is 1.98. The smallest absolute Gasteiger partial charge is 0.251 e. The zero-order valence-electron chi connectivity index (χ0n) is 12.3. The lowest BCUT2D eigenvalue weighted by molar-refractivity contribution is -0.127. The highest BCUT2D eigenvalue weighted by Crippen LogP contribution is 2.25. The number of para-hydroxylation sites is 1. The summed E-state index contributed by atoms with van der Waals surface area (Å²) < 4.78 is 5.53. The largest absolute Gasteiger partial charge is 0.488 e. The van der Waals surface area contributed by atoms with Crippen molar-refractivity contribution >= 4 is 17.9 Å². The third kappa shape index (κ3) is 3.84. The molecule has 1 atom stereocenters. The normalized spacial score (nSPS) is 14.3. The maximum absolute atomic E-state index is 12.2. The molecule has 0 fully saturated rings. The number of ether oxygens (including phenoxy) is 1. The molecule has 1 aromatic rings. The lowest BCUT2D eigenvalue weighted by Crippen LogP contribution is -2.46. The first-order chi connectivity index (χ1) is 10.1. The van der Waals surface area contributed by atoms with Crippen LogP contribution in [0.3, 0.4) is 0 Å². The summed E-state index contributed by atoms with van der Waals surface area (Å²) in [6.45, 7) is 4.47. The molecule has 0 aliphatic carbocycles. The molecule has 1 aromatic carbocycles. The van der Waals surface area contributed by atoms with Crippen LogP contribution in [0.5, 0.6) is 5.75 Å². The standard InChI is InChI=1S/C16H20N2O3/c1-3-8-17-15(19)11(2)18-16(20)13-9-12-6-4-5-7-14(12)21-10-13/h4-7,9,11H,3,8,10H2,1-2H3,(H,17,19)(H,18,20). The number of nitrogens with one attached hydrogen (secondary N) is 2. The van der Waals surface area contributed by atoms with Gasteiger partial charge in [-0.25, -0.2) is 0 Å². The molecule has 21 heavy (non-hydrogen) atoms. The van der Waals surface area contributed by atoms with Crippen LogP contribution in [0.25, 0.3) is 6.08 Å².